The lowest BCUT2D eigenvalue weighted by atomic mass is 10.1. The number of hydrogen-bond donors (Lipinski definition) is 4. The van der Waals surface area contributed by atoms with Crippen molar-refractivity contribution in [3.8, 4) is 5.75 Å². The van der Waals surface area contributed by atoms with E-state index in [0.717, 1.165) is 46.2 Å². The monoisotopic (exact) mass is 564 g/mol. The highest BCUT2D eigenvalue weighted by Crippen LogP contribution is 2.33. The Bertz CT molecular complexity index is 1680. The molecule has 5 N–H and O–H groups in total. The molecule has 0 saturated carbocycles. The van der Waals surface area contributed by atoms with Crippen LogP contribution in [0.5, 0.6) is 5.75 Å². The number of amides is 2. The molecule has 8 heteroatoms. The van der Waals surface area contributed by atoms with Gasteiger partial charge in [-0.3, -0.25) is 9.59 Å². The number of hydrogen-bond acceptors (Lipinski definition) is 5. The van der Waals surface area contributed by atoms with Crippen LogP contribution >= 0.6 is 0 Å². The van der Waals surface area contributed by atoms with Crippen molar-refractivity contribution in [3.05, 3.63) is 102 Å². The van der Waals surface area contributed by atoms with Crippen molar-refractivity contribution in [1.82, 2.24) is 4.98 Å². The number of benzene rings is 4. The number of primary amides is 1. The lowest BCUT2D eigenvalue weighted by Crippen LogP contribution is -2.38. The number of nitrogens with zero attached hydrogens (tertiary/aromatic N) is 1. The number of rotatable bonds is 12. The van der Waals surface area contributed by atoms with Crippen molar-refractivity contribution in [3.63, 3.8) is 0 Å². The van der Waals surface area contributed by atoms with Crippen LogP contribution in [0.1, 0.15) is 41.0 Å². The predicted molar refractivity (Wildman–Crippen MR) is 168 cm³/mol. The van der Waals surface area contributed by atoms with Gasteiger partial charge in [0.2, 0.25) is 5.91 Å². The molecule has 0 fully saturated rings. The van der Waals surface area contributed by atoms with Crippen LogP contribution in [-0.2, 0) is 0 Å². The van der Waals surface area contributed by atoms with Gasteiger partial charge >= 0.3 is 0 Å². The van der Waals surface area contributed by atoms with Crippen LogP contribution in [0.3, 0.4) is 0 Å². The SMILES string of the molecule is CCC(C)CN(C[C@H](O)COc1cccc2[nH]c3ccccc3c12)c1ccc(NC(=O)c2ccc(C(N)=O)cc2)cc1. The Morgan fingerprint density at radius 3 is 2.31 bits per heavy atom. The van der Waals surface area contributed by atoms with Gasteiger partial charge in [-0.15, -0.1) is 0 Å². The number of aromatic amines is 1. The first-order chi connectivity index (χ1) is 20.3. The largest absolute Gasteiger partial charge is 0.490 e. The highest BCUT2D eigenvalue weighted by molar-refractivity contribution is 6.10. The number of para-hydroxylation sites is 1. The summed E-state index contributed by atoms with van der Waals surface area (Å²) < 4.78 is 6.17. The Morgan fingerprint density at radius 1 is 0.905 bits per heavy atom. The van der Waals surface area contributed by atoms with Gasteiger partial charge in [0.1, 0.15) is 18.5 Å². The molecule has 2 atom stereocenters. The van der Waals surface area contributed by atoms with Gasteiger partial charge in [0.05, 0.1) is 5.52 Å². The highest BCUT2D eigenvalue weighted by Gasteiger charge is 2.18. The lowest BCUT2D eigenvalue weighted by Gasteiger charge is -2.30. The van der Waals surface area contributed by atoms with E-state index < -0.39 is 12.0 Å². The fourth-order valence-electron chi connectivity index (χ4n) is 5.02. The normalized spacial score (nSPS) is 12.6. The summed E-state index contributed by atoms with van der Waals surface area (Å²) in [6.07, 6.45) is 0.284. The van der Waals surface area contributed by atoms with E-state index in [0.29, 0.717) is 29.3 Å². The van der Waals surface area contributed by atoms with Crippen LogP contribution in [0.2, 0.25) is 0 Å². The van der Waals surface area contributed by atoms with E-state index >= 15 is 0 Å². The van der Waals surface area contributed by atoms with Crippen LogP contribution in [0.25, 0.3) is 21.8 Å². The molecule has 0 aliphatic carbocycles. The van der Waals surface area contributed by atoms with Gasteiger partial charge in [-0.1, -0.05) is 44.5 Å². The van der Waals surface area contributed by atoms with Crippen LogP contribution in [-0.4, -0.2) is 47.7 Å². The average molecular weight is 565 g/mol. The zero-order chi connectivity index (χ0) is 29.6. The molecule has 0 radical (unpaired) electrons. The van der Waals surface area contributed by atoms with E-state index in [4.69, 9.17) is 10.5 Å². The summed E-state index contributed by atoms with van der Waals surface area (Å²) in [6.45, 7) is 5.65. The zero-order valence-corrected chi connectivity index (χ0v) is 23.8. The number of aromatic nitrogens is 1. The quantitative estimate of drug-likeness (QED) is 0.149. The minimum atomic E-state index is -0.725. The molecular weight excluding hydrogens is 528 g/mol. The second-order valence-electron chi connectivity index (χ2n) is 10.7. The molecule has 5 aromatic rings. The van der Waals surface area contributed by atoms with Gasteiger partial charge < -0.3 is 30.8 Å². The fraction of sp³-hybridized carbons (Fsp3) is 0.235. The molecule has 0 spiro atoms. The molecule has 2 amide bonds. The highest BCUT2D eigenvalue weighted by atomic mass is 16.5. The van der Waals surface area contributed by atoms with Crippen molar-refractivity contribution in [2.75, 3.05) is 29.9 Å². The van der Waals surface area contributed by atoms with E-state index in [1.807, 2.05) is 60.7 Å². The Labute approximate surface area is 245 Å². The number of aliphatic hydroxyl groups excluding tert-OH is 1. The average Bonchev–Trinajstić information content (AvgIpc) is 3.39. The summed E-state index contributed by atoms with van der Waals surface area (Å²) in [5, 5.41) is 16.0. The molecule has 1 heterocycles. The van der Waals surface area contributed by atoms with Crippen molar-refractivity contribution < 1.29 is 19.4 Å². The standard InChI is InChI=1S/C34H36N4O4/c1-3-22(2)19-38(26-17-15-25(16-18-26)36-34(41)24-13-11-23(12-14-24)33(35)40)20-27(39)21-42-31-10-6-9-30-32(31)28-7-4-5-8-29(28)37-30/h4-18,22,27,37,39H,3,19-21H2,1-2H3,(H2,35,40)(H,36,41)/t22?,27-/m0/s1. The van der Waals surface area contributed by atoms with E-state index in [1.54, 1.807) is 12.1 Å². The number of nitrogens with one attached hydrogen (secondary N) is 2. The number of carbonyl (C=O) groups is 2. The predicted octanol–water partition coefficient (Wildman–Crippen LogP) is 5.96. The van der Waals surface area contributed by atoms with E-state index in [2.05, 4.69) is 35.1 Å². The third-order valence-electron chi connectivity index (χ3n) is 7.51. The number of anilines is 2. The van der Waals surface area contributed by atoms with E-state index in [9.17, 15) is 14.7 Å². The summed E-state index contributed by atoms with van der Waals surface area (Å²) in [4.78, 5) is 29.6. The smallest absolute Gasteiger partial charge is 0.255 e. The molecule has 1 aromatic heterocycles. The number of fused-ring (bicyclic) bond motifs is 3. The molecule has 1 unspecified atom stereocenters. The molecule has 0 aliphatic heterocycles. The molecule has 8 nitrogen and oxygen atoms in total. The van der Waals surface area contributed by atoms with Gasteiger partial charge in [-0.05, 0) is 72.6 Å². The molecule has 216 valence electrons. The third kappa shape index (κ3) is 6.56. The Balaban J connectivity index is 1.25. The maximum atomic E-state index is 12.7. The Kier molecular flexibility index (Phi) is 8.74. The summed E-state index contributed by atoms with van der Waals surface area (Å²) in [7, 11) is 0. The van der Waals surface area contributed by atoms with Crippen LogP contribution < -0.4 is 20.7 Å². The number of carbonyl (C=O) groups excluding carboxylic acids is 2. The minimum absolute atomic E-state index is 0.151. The summed E-state index contributed by atoms with van der Waals surface area (Å²) >= 11 is 0. The maximum Gasteiger partial charge on any atom is 0.255 e. The van der Waals surface area contributed by atoms with E-state index in [-0.39, 0.29) is 12.5 Å². The number of H-pyrrole nitrogens is 1. The summed E-state index contributed by atoms with van der Waals surface area (Å²) in [6, 6.07) is 27.8. The first-order valence-electron chi connectivity index (χ1n) is 14.2. The molecule has 0 aliphatic rings. The molecule has 5 rings (SSSR count). The molecule has 0 bridgehead atoms. The van der Waals surface area contributed by atoms with Crippen LogP contribution in [0, 0.1) is 5.92 Å². The maximum absolute atomic E-state index is 12.7. The molecule has 42 heavy (non-hydrogen) atoms. The lowest BCUT2D eigenvalue weighted by molar-refractivity contribution is 0.0995. The summed E-state index contributed by atoms with van der Waals surface area (Å²) in [5.74, 6) is 0.332. The number of nitrogens with two attached hydrogens (primary N) is 1. The molecule has 4 aromatic carbocycles. The van der Waals surface area contributed by atoms with Crippen molar-refractivity contribution >= 4 is 45.0 Å². The van der Waals surface area contributed by atoms with Gasteiger partial charge in [0.15, 0.2) is 0 Å². The second-order valence-corrected chi connectivity index (χ2v) is 10.7. The number of aliphatic hydroxyl groups is 1. The Hall–Kier alpha value is -4.82. The summed E-state index contributed by atoms with van der Waals surface area (Å²) in [5.41, 5.74) is 9.68. The van der Waals surface area contributed by atoms with Crippen LogP contribution in [0.4, 0.5) is 11.4 Å². The van der Waals surface area contributed by atoms with Crippen molar-refractivity contribution in [1.29, 1.82) is 0 Å². The Morgan fingerprint density at radius 2 is 1.60 bits per heavy atom. The number of ether oxygens (including phenoxy) is 1. The minimum Gasteiger partial charge on any atom is -0.490 e. The topological polar surface area (TPSA) is 121 Å². The zero-order valence-electron chi connectivity index (χ0n) is 23.8. The van der Waals surface area contributed by atoms with Crippen molar-refractivity contribution in [2.24, 2.45) is 11.7 Å². The van der Waals surface area contributed by atoms with Gasteiger partial charge in [-0.2, -0.15) is 0 Å². The fourth-order valence-corrected chi connectivity index (χ4v) is 5.02. The van der Waals surface area contributed by atoms with Gasteiger partial charge in [-0.25, -0.2) is 0 Å². The van der Waals surface area contributed by atoms with E-state index in [1.165, 1.54) is 12.1 Å². The van der Waals surface area contributed by atoms with Gasteiger partial charge in [0.25, 0.3) is 5.91 Å². The molecular formula is C34H36N4O4. The van der Waals surface area contributed by atoms with Crippen LogP contribution in [0.15, 0.2) is 91.0 Å². The van der Waals surface area contributed by atoms with Gasteiger partial charge in [0, 0.05) is 51.9 Å². The third-order valence-corrected chi connectivity index (χ3v) is 7.51. The van der Waals surface area contributed by atoms with Crippen molar-refractivity contribution in [2.45, 2.75) is 26.4 Å². The second kappa shape index (κ2) is 12.8. The first-order valence-corrected chi connectivity index (χ1v) is 14.2. The first kappa shape index (κ1) is 28.7. The molecule has 0 saturated heterocycles.